The number of hydrogen-bond acceptors (Lipinski definition) is 4. The first-order chi connectivity index (χ1) is 13.2. The summed E-state index contributed by atoms with van der Waals surface area (Å²) in [6.45, 7) is 1.44. The van der Waals surface area contributed by atoms with Crippen LogP contribution in [0.1, 0.15) is 23.1 Å². The van der Waals surface area contributed by atoms with E-state index in [1.165, 1.54) is 17.7 Å². The molecule has 1 aromatic heterocycles. The van der Waals surface area contributed by atoms with E-state index in [1.54, 1.807) is 23.5 Å². The summed E-state index contributed by atoms with van der Waals surface area (Å²) in [7, 11) is 0. The third kappa shape index (κ3) is 3.00. The van der Waals surface area contributed by atoms with Crippen LogP contribution < -0.4 is 10.2 Å². The lowest BCUT2D eigenvalue weighted by Crippen LogP contribution is -2.31. The second-order valence-corrected chi connectivity index (χ2v) is 7.84. The Labute approximate surface area is 160 Å². The van der Waals surface area contributed by atoms with Crippen molar-refractivity contribution in [1.29, 1.82) is 0 Å². The highest BCUT2D eigenvalue weighted by molar-refractivity contribution is 7.14. The first-order valence-corrected chi connectivity index (χ1v) is 9.96. The van der Waals surface area contributed by atoms with Gasteiger partial charge in [-0.25, -0.2) is 9.37 Å². The van der Waals surface area contributed by atoms with Gasteiger partial charge in [0.25, 0.3) is 0 Å². The number of rotatable bonds is 4. The van der Waals surface area contributed by atoms with E-state index >= 15 is 0 Å². The Bertz CT molecular complexity index is 1030. The number of thiazole rings is 1. The summed E-state index contributed by atoms with van der Waals surface area (Å²) in [6, 6.07) is 10.8. The second-order valence-electron chi connectivity index (χ2n) is 6.99. The van der Waals surface area contributed by atoms with Crippen molar-refractivity contribution >= 4 is 28.1 Å². The minimum atomic E-state index is -0.229. The molecular formula is C21H18FN3OS. The topological polar surface area (TPSA) is 45.2 Å². The highest BCUT2D eigenvalue weighted by atomic mass is 32.1. The number of nitrogens with zero attached hydrogens (tertiary/aromatic N) is 2. The van der Waals surface area contributed by atoms with E-state index in [0.717, 1.165) is 52.6 Å². The molecule has 136 valence electrons. The molecule has 3 heterocycles. The lowest BCUT2D eigenvalue weighted by Gasteiger charge is -2.25. The van der Waals surface area contributed by atoms with E-state index in [1.807, 2.05) is 10.3 Å². The van der Waals surface area contributed by atoms with Crippen molar-refractivity contribution in [2.24, 2.45) is 0 Å². The van der Waals surface area contributed by atoms with Crippen molar-refractivity contribution in [2.75, 3.05) is 16.8 Å². The predicted molar refractivity (Wildman–Crippen MR) is 106 cm³/mol. The number of aromatic nitrogens is 1. The van der Waals surface area contributed by atoms with Crippen LogP contribution in [0.2, 0.25) is 0 Å². The summed E-state index contributed by atoms with van der Waals surface area (Å²) in [5, 5.41) is 6.17. The average molecular weight is 379 g/mol. The van der Waals surface area contributed by atoms with Gasteiger partial charge in [0.2, 0.25) is 5.91 Å². The van der Waals surface area contributed by atoms with E-state index in [2.05, 4.69) is 17.4 Å². The van der Waals surface area contributed by atoms with Crippen molar-refractivity contribution in [3.63, 3.8) is 0 Å². The van der Waals surface area contributed by atoms with E-state index in [0.29, 0.717) is 13.0 Å². The Hall–Kier alpha value is -2.73. The molecule has 5 rings (SSSR count). The van der Waals surface area contributed by atoms with Crippen LogP contribution in [-0.2, 0) is 24.2 Å². The van der Waals surface area contributed by atoms with Crippen LogP contribution in [0.4, 0.5) is 15.2 Å². The maximum atomic E-state index is 13.0. The third-order valence-corrected chi connectivity index (χ3v) is 5.97. The molecule has 0 aliphatic carbocycles. The van der Waals surface area contributed by atoms with Gasteiger partial charge in [-0.3, -0.25) is 4.79 Å². The lowest BCUT2D eigenvalue weighted by molar-refractivity contribution is -0.117. The van der Waals surface area contributed by atoms with Gasteiger partial charge in [-0.2, -0.15) is 0 Å². The summed E-state index contributed by atoms with van der Waals surface area (Å²) < 4.78 is 13.0. The molecule has 0 radical (unpaired) electrons. The molecule has 0 bridgehead atoms. The second kappa shape index (κ2) is 6.46. The molecular weight excluding hydrogens is 361 g/mol. The Morgan fingerprint density at radius 1 is 1.19 bits per heavy atom. The third-order valence-electron chi connectivity index (χ3n) is 5.17. The largest absolute Gasteiger partial charge is 0.357 e. The Kier molecular flexibility index (Phi) is 3.93. The van der Waals surface area contributed by atoms with Crippen LogP contribution in [-0.4, -0.2) is 17.4 Å². The molecule has 2 aromatic carbocycles. The number of nitrogens with one attached hydrogen (secondary N) is 1. The van der Waals surface area contributed by atoms with Gasteiger partial charge in [0.15, 0.2) is 5.13 Å². The summed E-state index contributed by atoms with van der Waals surface area (Å²) in [5.74, 6) is -0.0177. The molecule has 0 spiro atoms. The average Bonchev–Trinajstić information content (AvgIpc) is 3.27. The van der Waals surface area contributed by atoms with E-state index in [9.17, 15) is 9.18 Å². The van der Waals surface area contributed by atoms with Crippen LogP contribution in [0.5, 0.6) is 0 Å². The molecule has 2 aliphatic heterocycles. The summed E-state index contributed by atoms with van der Waals surface area (Å²) >= 11 is 1.55. The van der Waals surface area contributed by atoms with Crippen LogP contribution >= 0.6 is 11.3 Å². The zero-order valence-corrected chi connectivity index (χ0v) is 15.5. The molecule has 0 atom stereocenters. The molecule has 0 fully saturated rings. The maximum absolute atomic E-state index is 13.0. The molecule has 4 nitrogen and oxygen atoms in total. The fourth-order valence-corrected chi connectivity index (χ4v) is 4.61. The predicted octanol–water partition coefficient (Wildman–Crippen LogP) is 4.40. The molecule has 6 heteroatoms. The van der Waals surface area contributed by atoms with Crippen molar-refractivity contribution in [3.8, 4) is 11.3 Å². The fourth-order valence-electron chi connectivity index (χ4n) is 3.89. The minimum Gasteiger partial charge on any atom is -0.357 e. The molecule has 1 N–H and O–H groups in total. The van der Waals surface area contributed by atoms with Crippen molar-refractivity contribution in [1.82, 2.24) is 4.98 Å². The van der Waals surface area contributed by atoms with Gasteiger partial charge in [-0.15, -0.1) is 11.3 Å². The smallest absolute Gasteiger partial charge is 0.231 e. The van der Waals surface area contributed by atoms with Crippen LogP contribution in [0.15, 0.2) is 41.8 Å². The van der Waals surface area contributed by atoms with Gasteiger partial charge in [0.05, 0.1) is 17.8 Å². The van der Waals surface area contributed by atoms with Crippen LogP contribution in [0.3, 0.4) is 0 Å². The summed E-state index contributed by atoms with van der Waals surface area (Å²) in [5.41, 5.74) is 6.53. The molecule has 0 unspecified atom stereocenters. The van der Waals surface area contributed by atoms with Crippen LogP contribution in [0, 0.1) is 5.82 Å². The SMILES string of the molecule is O=C1Cc2cc(-c3csc(NCc4ccc(F)cc4)n3)cc3c2N1CCC3. The summed E-state index contributed by atoms with van der Waals surface area (Å²) in [6.07, 6.45) is 2.53. The Morgan fingerprint density at radius 3 is 2.85 bits per heavy atom. The zero-order valence-electron chi connectivity index (χ0n) is 14.7. The Morgan fingerprint density at radius 2 is 2.00 bits per heavy atom. The zero-order chi connectivity index (χ0) is 18.4. The fraction of sp³-hybridized carbons (Fsp3) is 0.238. The van der Waals surface area contributed by atoms with Gasteiger partial charge >= 0.3 is 0 Å². The summed E-state index contributed by atoms with van der Waals surface area (Å²) in [4.78, 5) is 18.9. The number of carbonyl (C=O) groups excluding carboxylic acids is 1. The standard InChI is InChI=1S/C21H18FN3OS/c22-17-5-3-13(4-6-17)11-23-21-24-18(12-27-21)15-8-14-2-1-7-25-19(26)10-16(9-15)20(14)25/h3-6,8-9,12H,1-2,7,10-11H2,(H,23,24). The van der Waals surface area contributed by atoms with Crippen LogP contribution in [0.25, 0.3) is 11.3 Å². The van der Waals surface area contributed by atoms with Gasteiger partial charge in [-0.1, -0.05) is 12.1 Å². The quantitative estimate of drug-likeness (QED) is 0.731. The molecule has 3 aromatic rings. The number of halogens is 1. The van der Waals surface area contributed by atoms with Crippen molar-refractivity contribution in [3.05, 3.63) is 64.3 Å². The number of anilines is 2. The van der Waals surface area contributed by atoms with Gasteiger partial charge < -0.3 is 10.2 Å². The Balaban J connectivity index is 1.38. The van der Waals surface area contributed by atoms with Gasteiger partial charge in [-0.05, 0) is 53.8 Å². The molecule has 0 saturated carbocycles. The van der Waals surface area contributed by atoms with E-state index in [4.69, 9.17) is 4.98 Å². The molecule has 27 heavy (non-hydrogen) atoms. The first kappa shape index (κ1) is 16.4. The lowest BCUT2D eigenvalue weighted by atomic mass is 9.96. The molecule has 2 aliphatic rings. The van der Waals surface area contributed by atoms with Gasteiger partial charge in [0, 0.05) is 24.0 Å². The highest BCUT2D eigenvalue weighted by Gasteiger charge is 2.32. The number of benzene rings is 2. The van der Waals surface area contributed by atoms with E-state index < -0.39 is 0 Å². The maximum Gasteiger partial charge on any atom is 0.231 e. The van der Waals surface area contributed by atoms with E-state index in [-0.39, 0.29) is 11.7 Å². The highest BCUT2D eigenvalue weighted by Crippen LogP contribution is 2.40. The minimum absolute atomic E-state index is 0.211. The molecule has 1 amide bonds. The number of amides is 1. The number of hydrogen-bond donors (Lipinski definition) is 1. The number of aryl methyl sites for hydroxylation is 1. The molecule has 0 saturated heterocycles. The number of carbonyl (C=O) groups is 1. The van der Waals surface area contributed by atoms with Crippen molar-refractivity contribution in [2.45, 2.75) is 25.8 Å². The van der Waals surface area contributed by atoms with Crippen molar-refractivity contribution < 1.29 is 9.18 Å². The van der Waals surface area contributed by atoms with Gasteiger partial charge in [0.1, 0.15) is 5.82 Å². The monoisotopic (exact) mass is 379 g/mol. The normalized spacial score (nSPS) is 15.1. The first-order valence-electron chi connectivity index (χ1n) is 9.08.